The van der Waals surface area contributed by atoms with Crippen LogP contribution in [0.2, 0.25) is 0 Å². The van der Waals surface area contributed by atoms with E-state index in [4.69, 9.17) is 5.11 Å². The van der Waals surface area contributed by atoms with Crippen LogP contribution in [0.1, 0.15) is 24.8 Å². The molecule has 0 saturated heterocycles. The Kier molecular flexibility index (Phi) is 3.04. The number of hydrogen-bond donors (Lipinski definition) is 1. The molecule has 0 heterocycles. The molecule has 2 aliphatic rings. The first-order valence-electron chi connectivity index (χ1n) is 7.07. The third kappa shape index (κ3) is 2.30. The topological polar surface area (TPSA) is 57.6 Å². The van der Waals surface area contributed by atoms with Crippen molar-refractivity contribution < 1.29 is 14.7 Å². The summed E-state index contributed by atoms with van der Waals surface area (Å²) in [5.41, 5.74) is 1.38. The van der Waals surface area contributed by atoms with Crippen LogP contribution in [0.3, 0.4) is 0 Å². The van der Waals surface area contributed by atoms with Crippen molar-refractivity contribution in [3.63, 3.8) is 0 Å². The van der Waals surface area contributed by atoms with Gasteiger partial charge in [-0.25, -0.2) is 0 Å². The van der Waals surface area contributed by atoms with Gasteiger partial charge in [0.25, 0.3) is 0 Å². The average Bonchev–Trinajstić information content (AvgIpc) is 3.33. The van der Waals surface area contributed by atoms with Crippen LogP contribution in [0.5, 0.6) is 0 Å². The molecule has 3 rings (SSSR count). The van der Waals surface area contributed by atoms with E-state index in [2.05, 4.69) is 12.1 Å². The van der Waals surface area contributed by atoms with Gasteiger partial charge in [-0.1, -0.05) is 30.3 Å². The van der Waals surface area contributed by atoms with E-state index in [9.17, 15) is 9.59 Å². The van der Waals surface area contributed by atoms with E-state index in [0.717, 1.165) is 12.8 Å². The molecule has 0 aromatic heterocycles. The van der Waals surface area contributed by atoms with Gasteiger partial charge >= 0.3 is 5.97 Å². The second-order valence-corrected chi connectivity index (χ2v) is 6.13. The predicted octanol–water partition coefficient (Wildman–Crippen LogP) is 1.90. The predicted molar refractivity (Wildman–Crippen MR) is 74.2 cm³/mol. The van der Waals surface area contributed by atoms with Crippen LogP contribution in [-0.2, 0) is 15.0 Å². The van der Waals surface area contributed by atoms with Crippen molar-refractivity contribution in [2.45, 2.75) is 24.7 Å². The molecule has 106 valence electrons. The number of carbonyl (C=O) groups is 2. The molecule has 1 aromatic rings. The third-order valence-corrected chi connectivity index (χ3v) is 4.58. The highest BCUT2D eigenvalue weighted by Gasteiger charge is 2.51. The quantitative estimate of drug-likeness (QED) is 0.891. The van der Waals surface area contributed by atoms with Gasteiger partial charge in [-0.15, -0.1) is 0 Å². The number of nitrogens with zero attached hydrogens (tertiary/aromatic N) is 1. The Balaban J connectivity index is 1.64. The SMILES string of the molecule is CN(CC1(c2ccccc2)CC1)C(=O)C1CC1C(=O)O. The summed E-state index contributed by atoms with van der Waals surface area (Å²) in [7, 11) is 1.79. The molecule has 2 atom stereocenters. The first-order chi connectivity index (χ1) is 9.53. The van der Waals surface area contributed by atoms with Gasteiger partial charge in [0.15, 0.2) is 0 Å². The van der Waals surface area contributed by atoms with Gasteiger partial charge in [0.1, 0.15) is 0 Å². The highest BCUT2D eigenvalue weighted by molar-refractivity contribution is 5.89. The smallest absolute Gasteiger partial charge is 0.307 e. The van der Waals surface area contributed by atoms with Crippen molar-refractivity contribution in [2.75, 3.05) is 13.6 Å². The summed E-state index contributed by atoms with van der Waals surface area (Å²) in [6.07, 6.45) is 2.69. The van der Waals surface area contributed by atoms with Crippen LogP contribution in [0.15, 0.2) is 30.3 Å². The second-order valence-electron chi connectivity index (χ2n) is 6.13. The number of aliphatic carboxylic acids is 1. The highest BCUT2D eigenvalue weighted by atomic mass is 16.4. The Morgan fingerprint density at radius 1 is 1.25 bits per heavy atom. The summed E-state index contributed by atoms with van der Waals surface area (Å²) in [5.74, 6) is -1.62. The molecule has 20 heavy (non-hydrogen) atoms. The van der Waals surface area contributed by atoms with Crippen molar-refractivity contribution in [2.24, 2.45) is 11.8 Å². The van der Waals surface area contributed by atoms with Crippen LogP contribution in [0.25, 0.3) is 0 Å². The summed E-state index contributed by atoms with van der Waals surface area (Å²) >= 11 is 0. The lowest BCUT2D eigenvalue weighted by Crippen LogP contribution is -2.36. The zero-order valence-corrected chi connectivity index (χ0v) is 11.6. The van der Waals surface area contributed by atoms with Crippen molar-refractivity contribution in [3.05, 3.63) is 35.9 Å². The van der Waals surface area contributed by atoms with Gasteiger partial charge in [-0.05, 0) is 24.8 Å². The molecule has 4 heteroatoms. The Bertz CT molecular complexity index is 536. The lowest BCUT2D eigenvalue weighted by molar-refractivity contribution is -0.141. The maximum absolute atomic E-state index is 12.2. The Labute approximate surface area is 118 Å². The van der Waals surface area contributed by atoms with E-state index in [0.29, 0.717) is 13.0 Å². The number of carbonyl (C=O) groups excluding carboxylic acids is 1. The largest absolute Gasteiger partial charge is 0.481 e. The van der Waals surface area contributed by atoms with Crippen LogP contribution >= 0.6 is 0 Å². The van der Waals surface area contributed by atoms with Gasteiger partial charge < -0.3 is 10.0 Å². The minimum atomic E-state index is -0.846. The molecule has 2 fully saturated rings. The molecule has 2 unspecified atom stereocenters. The molecule has 2 saturated carbocycles. The van der Waals surface area contributed by atoms with Crippen molar-refractivity contribution >= 4 is 11.9 Å². The molecule has 0 bridgehead atoms. The molecule has 0 aliphatic heterocycles. The van der Waals surface area contributed by atoms with Crippen molar-refractivity contribution in [1.29, 1.82) is 0 Å². The van der Waals surface area contributed by atoms with Gasteiger partial charge in [-0.3, -0.25) is 9.59 Å². The number of amides is 1. The number of carboxylic acid groups (broad SMARTS) is 1. The fourth-order valence-electron chi connectivity index (χ4n) is 3.04. The second kappa shape index (κ2) is 4.62. The normalized spacial score (nSPS) is 25.9. The van der Waals surface area contributed by atoms with Crippen LogP contribution in [0, 0.1) is 11.8 Å². The van der Waals surface area contributed by atoms with E-state index >= 15 is 0 Å². The average molecular weight is 273 g/mol. The molecule has 1 N–H and O–H groups in total. The Morgan fingerprint density at radius 2 is 1.90 bits per heavy atom. The van der Waals surface area contributed by atoms with E-state index in [1.54, 1.807) is 11.9 Å². The van der Waals surface area contributed by atoms with E-state index in [-0.39, 0.29) is 17.2 Å². The molecule has 0 radical (unpaired) electrons. The molecule has 2 aliphatic carbocycles. The number of hydrogen-bond acceptors (Lipinski definition) is 2. The first kappa shape index (κ1) is 13.2. The van der Waals surface area contributed by atoms with Gasteiger partial charge in [0.05, 0.1) is 11.8 Å². The van der Waals surface area contributed by atoms with E-state index < -0.39 is 11.9 Å². The Morgan fingerprint density at radius 3 is 2.40 bits per heavy atom. The molecule has 1 aromatic carbocycles. The maximum Gasteiger partial charge on any atom is 0.307 e. The van der Waals surface area contributed by atoms with Crippen molar-refractivity contribution in [3.8, 4) is 0 Å². The number of likely N-dealkylation sites (N-methyl/N-ethyl adjacent to an activating group) is 1. The zero-order chi connectivity index (χ0) is 14.3. The Hall–Kier alpha value is -1.84. The molecular weight excluding hydrogens is 254 g/mol. The van der Waals surface area contributed by atoms with E-state index in [1.807, 2.05) is 18.2 Å². The minimum absolute atomic E-state index is 0.0143. The monoisotopic (exact) mass is 273 g/mol. The summed E-state index contributed by atoms with van der Waals surface area (Å²) in [6, 6.07) is 10.3. The molecule has 1 amide bonds. The van der Waals surface area contributed by atoms with Crippen LogP contribution in [0.4, 0.5) is 0 Å². The molecular formula is C16H19NO3. The lowest BCUT2D eigenvalue weighted by atomic mass is 9.95. The summed E-state index contributed by atoms with van der Waals surface area (Å²) in [5, 5.41) is 8.91. The van der Waals surface area contributed by atoms with E-state index in [1.165, 1.54) is 5.56 Å². The maximum atomic E-state index is 12.2. The summed E-state index contributed by atoms with van der Waals surface area (Å²) < 4.78 is 0. The van der Waals surface area contributed by atoms with Gasteiger partial charge in [-0.2, -0.15) is 0 Å². The highest BCUT2D eigenvalue weighted by Crippen LogP contribution is 2.49. The zero-order valence-electron chi connectivity index (χ0n) is 11.6. The van der Waals surface area contributed by atoms with Gasteiger partial charge in [0.2, 0.25) is 5.91 Å². The first-order valence-corrected chi connectivity index (χ1v) is 7.07. The number of rotatable bonds is 5. The fraction of sp³-hybridized carbons (Fsp3) is 0.500. The fourth-order valence-corrected chi connectivity index (χ4v) is 3.04. The van der Waals surface area contributed by atoms with Crippen LogP contribution < -0.4 is 0 Å². The lowest BCUT2D eigenvalue weighted by Gasteiger charge is -2.24. The van der Waals surface area contributed by atoms with Crippen molar-refractivity contribution in [1.82, 2.24) is 4.90 Å². The standard InChI is InChI=1S/C16H19NO3/c1-17(14(18)12-9-13(12)15(19)20)10-16(7-8-16)11-5-3-2-4-6-11/h2-6,12-13H,7-10H2,1H3,(H,19,20). The summed E-state index contributed by atoms with van der Waals surface area (Å²) in [4.78, 5) is 24.8. The molecule has 0 spiro atoms. The van der Waals surface area contributed by atoms with Crippen LogP contribution in [-0.4, -0.2) is 35.5 Å². The molecule has 4 nitrogen and oxygen atoms in total. The summed E-state index contributed by atoms with van der Waals surface area (Å²) in [6.45, 7) is 0.693. The van der Waals surface area contributed by atoms with Gasteiger partial charge in [0, 0.05) is 19.0 Å². The minimum Gasteiger partial charge on any atom is -0.481 e. The number of carboxylic acids is 1. The number of benzene rings is 1. The third-order valence-electron chi connectivity index (χ3n) is 4.58.